The SMILES string of the molecule is CCOCC(C)OCC(N)(C#N)c1ccccc1. The molecule has 4 nitrogen and oxygen atoms in total. The molecular formula is C14H20N2O2. The van der Waals surface area contributed by atoms with Gasteiger partial charge >= 0.3 is 0 Å². The minimum Gasteiger partial charge on any atom is -0.379 e. The average molecular weight is 248 g/mol. The molecule has 18 heavy (non-hydrogen) atoms. The molecule has 0 bridgehead atoms. The van der Waals surface area contributed by atoms with Crippen LogP contribution in [0.1, 0.15) is 19.4 Å². The summed E-state index contributed by atoms with van der Waals surface area (Å²) in [6, 6.07) is 11.4. The molecule has 0 saturated carbocycles. The van der Waals surface area contributed by atoms with E-state index in [0.717, 1.165) is 5.56 Å². The van der Waals surface area contributed by atoms with Gasteiger partial charge in [0.25, 0.3) is 0 Å². The maximum atomic E-state index is 9.24. The third-order valence-electron chi connectivity index (χ3n) is 2.64. The zero-order valence-corrected chi connectivity index (χ0v) is 10.9. The van der Waals surface area contributed by atoms with Gasteiger partial charge in [-0.05, 0) is 19.4 Å². The lowest BCUT2D eigenvalue weighted by Gasteiger charge is -2.24. The van der Waals surface area contributed by atoms with Crippen LogP contribution in [0.5, 0.6) is 0 Å². The predicted molar refractivity (Wildman–Crippen MR) is 69.8 cm³/mol. The zero-order valence-electron chi connectivity index (χ0n) is 10.9. The Morgan fingerprint density at radius 1 is 1.39 bits per heavy atom. The Kier molecular flexibility index (Phi) is 5.79. The Bertz CT molecular complexity index is 389. The topological polar surface area (TPSA) is 68.3 Å². The van der Waals surface area contributed by atoms with Crippen molar-refractivity contribution in [3.05, 3.63) is 35.9 Å². The van der Waals surface area contributed by atoms with E-state index >= 15 is 0 Å². The van der Waals surface area contributed by atoms with Gasteiger partial charge in [-0.1, -0.05) is 30.3 Å². The quantitative estimate of drug-likeness (QED) is 0.799. The van der Waals surface area contributed by atoms with Crippen LogP contribution in [0, 0.1) is 11.3 Å². The van der Waals surface area contributed by atoms with Gasteiger partial charge in [0.05, 0.1) is 25.4 Å². The molecular weight excluding hydrogens is 228 g/mol. The van der Waals surface area contributed by atoms with Crippen LogP contribution in [0.4, 0.5) is 0 Å². The van der Waals surface area contributed by atoms with Crippen molar-refractivity contribution in [3.8, 4) is 6.07 Å². The van der Waals surface area contributed by atoms with Crippen LogP contribution in [0.3, 0.4) is 0 Å². The summed E-state index contributed by atoms with van der Waals surface area (Å²) in [6.07, 6.45) is -0.0788. The molecule has 0 aliphatic carbocycles. The van der Waals surface area contributed by atoms with Crippen molar-refractivity contribution in [2.75, 3.05) is 19.8 Å². The van der Waals surface area contributed by atoms with Gasteiger partial charge < -0.3 is 15.2 Å². The van der Waals surface area contributed by atoms with Gasteiger partial charge in [0, 0.05) is 6.61 Å². The van der Waals surface area contributed by atoms with Crippen LogP contribution in [0.25, 0.3) is 0 Å². The molecule has 2 unspecified atom stereocenters. The van der Waals surface area contributed by atoms with Gasteiger partial charge in [0.15, 0.2) is 5.54 Å². The van der Waals surface area contributed by atoms with Gasteiger partial charge in [-0.2, -0.15) is 5.26 Å². The third kappa shape index (κ3) is 4.11. The fourth-order valence-corrected chi connectivity index (χ4v) is 1.52. The molecule has 0 aromatic heterocycles. The van der Waals surface area contributed by atoms with Crippen LogP contribution in [0.2, 0.25) is 0 Å². The van der Waals surface area contributed by atoms with Crippen molar-refractivity contribution < 1.29 is 9.47 Å². The van der Waals surface area contributed by atoms with E-state index in [4.69, 9.17) is 15.2 Å². The molecule has 0 spiro atoms. The van der Waals surface area contributed by atoms with Gasteiger partial charge in [-0.3, -0.25) is 0 Å². The van der Waals surface area contributed by atoms with E-state index in [0.29, 0.717) is 13.2 Å². The second-order valence-electron chi connectivity index (χ2n) is 4.23. The predicted octanol–water partition coefficient (Wildman–Crippen LogP) is 1.81. The van der Waals surface area contributed by atoms with E-state index in [9.17, 15) is 5.26 Å². The number of hydrogen-bond acceptors (Lipinski definition) is 4. The fraction of sp³-hybridized carbons (Fsp3) is 0.500. The largest absolute Gasteiger partial charge is 0.379 e. The molecule has 0 heterocycles. The average Bonchev–Trinajstić information content (AvgIpc) is 2.43. The van der Waals surface area contributed by atoms with Crippen LogP contribution in [0.15, 0.2) is 30.3 Å². The van der Waals surface area contributed by atoms with E-state index in [1.165, 1.54) is 0 Å². The second-order valence-corrected chi connectivity index (χ2v) is 4.23. The Balaban J connectivity index is 2.59. The third-order valence-corrected chi connectivity index (χ3v) is 2.64. The fourth-order valence-electron chi connectivity index (χ4n) is 1.52. The number of ether oxygens (including phenoxy) is 2. The summed E-state index contributed by atoms with van der Waals surface area (Å²) in [6.45, 7) is 5.14. The van der Waals surface area contributed by atoms with Crippen LogP contribution in [-0.4, -0.2) is 25.9 Å². The van der Waals surface area contributed by atoms with E-state index in [2.05, 4.69) is 6.07 Å². The number of hydrogen-bond donors (Lipinski definition) is 1. The highest BCUT2D eigenvalue weighted by atomic mass is 16.5. The zero-order chi connectivity index (χ0) is 13.4. The molecule has 98 valence electrons. The standard InChI is InChI=1S/C14H20N2O2/c1-3-17-9-12(2)18-11-14(16,10-15)13-7-5-4-6-8-13/h4-8,12H,3,9,11,16H2,1-2H3. The first-order valence-electron chi connectivity index (χ1n) is 6.07. The summed E-state index contributed by atoms with van der Waals surface area (Å²) in [5.41, 5.74) is 5.72. The Morgan fingerprint density at radius 3 is 2.61 bits per heavy atom. The Hall–Kier alpha value is -1.41. The smallest absolute Gasteiger partial charge is 0.153 e. The number of benzene rings is 1. The molecule has 0 aliphatic rings. The normalized spacial score (nSPS) is 15.7. The molecule has 2 N–H and O–H groups in total. The Labute approximate surface area is 108 Å². The summed E-state index contributed by atoms with van der Waals surface area (Å²) in [4.78, 5) is 0. The van der Waals surface area contributed by atoms with Crippen LogP contribution >= 0.6 is 0 Å². The molecule has 0 fully saturated rings. The summed E-state index contributed by atoms with van der Waals surface area (Å²) in [7, 11) is 0. The molecule has 0 radical (unpaired) electrons. The lowest BCUT2D eigenvalue weighted by molar-refractivity contribution is -0.0160. The minimum atomic E-state index is -1.11. The second kappa shape index (κ2) is 7.12. The van der Waals surface area contributed by atoms with Crippen molar-refractivity contribution in [3.63, 3.8) is 0 Å². The summed E-state index contributed by atoms with van der Waals surface area (Å²) in [5, 5.41) is 9.24. The number of nitrogens with zero attached hydrogens (tertiary/aromatic N) is 1. The van der Waals surface area contributed by atoms with Crippen LogP contribution in [-0.2, 0) is 15.0 Å². The van der Waals surface area contributed by atoms with Crippen molar-refractivity contribution in [1.29, 1.82) is 5.26 Å². The highest BCUT2D eigenvalue weighted by Gasteiger charge is 2.28. The first kappa shape index (κ1) is 14.7. The van der Waals surface area contributed by atoms with E-state index in [-0.39, 0.29) is 12.7 Å². The lowest BCUT2D eigenvalue weighted by atomic mass is 9.93. The summed E-state index contributed by atoms with van der Waals surface area (Å²) < 4.78 is 10.8. The number of nitriles is 1. The van der Waals surface area contributed by atoms with Gasteiger partial charge in [0.2, 0.25) is 0 Å². The monoisotopic (exact) mass is 248 g/mol. The van der Waals surface area contributed by atoms with Gasteiger partial charge in [-0.15, -0.1) is 0 Å². The molecule has 1 aromatic rings. The molecule has 0 amide bonds. The number of rotatable bonds is 7. The van der Waals surface area contributed by atoms with Crippen molar-refractivity contribution in [2.24, 2.45) is 5.73 Å². The first-order chi connectivity index (χ1) is 8.62. The van der Waals surface area contributed by atoms with E-state index in [1.807, 2.05) is 44.2 Å². The molecule has 1 aromatic carbocycles. The van der Waals surface area contributed by atoms with E-state index < -0.39 is 5.54 Å². The maximum Gasteiger partial charge on any atom is 0.153 e. The molecule has 2 atom stereocenters. The van der Waals surface area contributed by atoms with Crippen molar-refractivity contribution in [1.82, 2.24) is 0 Å². The van der Waals surface area contributed by atoms with Crippen molar-refractivity contribution in [2.45, 2.75) is 25.5 Å². The molecule has 0 aliphatic heterocycles. The number of nitrogens with two attached hydrogens (primary N) is 1. The molecule has 4 heteroatoms. The minimum absolute atomic E-state index is 0.0788. The Morgan fingerprint density at radius 2 is 2.06 bits per heavy atom. The highest BCUT2D eigenvalue weighted by Crippen LogP contribution is 2.18. The summed E-state index contributed by atoms with van der Waals surface area (Å²) >= 11 is 0. The molecule has 1 rings (SSSR count). The first-order valence-corrected chi connectivity index (χ1v) is 6.07. The van der Waals surface area contributed by atoms with E-state index in [1.54, 1.807) is 0 Å². The van der Waals surface area contributed by atoms with Gasteiger partial charge in [0.1, 0.15) is 0 Å². The summed E-state index contributed by atoms with van der Waals surface area (Å²) in [5.74, 6) is 0. The van der Waals surface area contributed by atoms with Gasteiger partial charge in [-0.25, -0.2) is 0 Å². The van der Waals surface area contributed by atoms with Crippen molar-refractivity contribution >= 4 is 0 Å². The maximum absolute atomic E-state index is 9.24. The molecule has 0 saturated heterocycles. The van der Waals surface area contributed by atoms with Crippen LogP contribution < -0.4 is 5.73 Å². The lowest BCUT2D eigenvalue weighted by Crippen LogP contribution is -2.41. The highest BCUT2D eigenvalue weighted by molar-refractivity contribution is 5.30.